The van der Waals surface area contributed by atoms with Gasteiger partial charge in [0.15, 0.2) is 5.13 Å². The minimum atomic E-state index is -0.181. The van der Waals surface area contributed by atoms with Gasteiger partial charge in [-0.05, 0) is 24.3 Å². The third kappa shape index (κ3) is 4.56. The maximum atomic E-state index is 12.2. The molecule has 1 saturated heterocycles. The molecule has 1 aliphatic heterocycles. The molecule has 1 aromatic carbocycles. The zero-order chi connectivity index (χ0) is 19.7. The summed E-state index contributed by atoms with van der Waals surface area (Å²) in [6.45, 7) is 5.04. The van der Waals surface area contributed by atoms with Gasteiger partial charge in [-0.2, -0.15) is 0 Å². The van der Waals surface area contributed by atoms with E-state index in [1.165, 1.54) is 11.3 Å². The summed E-state index contributed by atoms with van der Waals surface area (Å²) in [4.78, 5) is 21.5. The predicted molar refractivity (Wildman–Crippen MR) is 120 cm³/mol. The van der Waals surface area contributed by atoms with Crippen molar-refractivity contribution in [1.82, 2.24) is 15.2 Å². The number of nitrogens with zero attached hydrogens (tertiary/aromatic N) is 3. The number of carbonyl (C=O) groups is 1. The second kappa shape index (κ2) is 8.73. The van der Waals surface area contributed by atoms with Crippen LogP contribution < -0.4 is 10.2 Å². The second-order valence-electron chi connectivity index (χ2n) is 6.43. The van der Waals surface area contributed by atoms with Crippen LogP contribution >= 0.6 is 57.5 Å². The van der Waals surface area contributed by atoms with Crippen LogP contribution in [0.2, 0.25) is 13.7 Å². The molecule has 0 bridgehead atoms. The number of hydrogen-bond acceptors (Lipinski definition) is 6. The van der Waals surface area contributed by atoms with Gasteiger partial charge in [0, 0.05) is 44.3 Å². The van der Waals surface area contributed by atoms with Gasteiger partial charge in [0.05, 0.1) is 20.1 Å². The number of thiophene rings is 1. The van der Waals surface area contributed by atoms with Crippen LogP contribution in [0.25, 0.3) is 10.2 Å². The highest BCUT2D eigenvalue weighted by atomic mass is 35.5. The lowest BCUT2D eigenvalue weighted by Gasteiger charge is -2.34. The van der Waals surface area contributed by atoms with E-state index >= 15 is 0 Å². The third-order valence-electron chi connectivity index (χ3n) is 4.60. The van der Waals surface area contributed by atoms with Gasteiger partial charge in [0.1, 0.15) is 4.34 Å². The van der Waals surface area contributed by atoms with E-state index in [2.05, 4.69) is 15.1 Å². The maximum absolute atomic E-state index is 12.2. The van der Waals surface area contributed by atoms with E-state index in [1.54, 1.807) is 17.4 Å². The lowest BCUT2D eigenvalue weighted by molar-refractivity contribution is 0.0948. The van der Waals surface area contributed by atoms with Crippen molar-refractivity contribution in [2.75, 3.05) is 44.2 Å². The summed E-state index contributed by atoms with van der Waals surface area (Å²) in [5.41, 5.74) is 1.43. The Kier molecular flexibility index (Phi) is 6.30. The Bertz CT molecular complexity index is 998. The summed E-state index contributed by atoms with van der Waals surface area (Å²) >= 11 is 20.9. The van der Waals surface area contributed by atoms with Crippen molar-refractivity contribution in [3.63, 3.8) is 0 Å². The molecule has 10 heteroatoms. The number of hydrogen-bond donors (Lipinski definition) is 1. The number of thiazole rings is 1. The van der Waals surface area contributed by atoms with Crippen molar-refractivity contribution in [1.29, 1.82) is 0 Å². The quantitative estimate of drug-likeness (QED) is 0.572. The van der Waals surface area contributed by atoms with Crippen molar-refractivity contribution < 1.29 is 4.79 Å². The Balaban J connectivity index is 1.26. The fourth-order valence-electron chi connectivity index (χ4n) is 3.10. The monoisotopic (exact) mass is 474 g/mol. The molecule has 0 saturated carbocycles. The molecule has 1 aliphatic rings. The summed E-state index contributed by atoms with van der Waals surface area (Å²) in [5.74, 6) is -0.181. The van der Waals surface area contributed by atoms with Crippen molar-refractivity contribution in [3.8, 4) is 0 Å². The van der Waals surface area contributed by atoms with Gasteiger partial charge < -0.3 is 10.2 Å². The fourth-order valence-corrected chi connectivity index (χ4v) is 5.85. The number of fused-ring (bicyclic) bond motifs is 1. The molecule has 2 aromatic heterocycles. The Hall–Kier alpha value is -1.09. The van der Waals surface area contributed by atoms with Crippen molar-refractivity contribution in [3.05, 3.63) is 43.5 Å². The van der Waals surface area contributed by atoms with Gasteiger partial charge in [0.25, 0.3) is 5.91 Å². The van der Waals surface area contributed by atoms with Crippen LogP contribution in [0, 0.1) is 0 Å². The fraction of sp³-hybridized carbons (Fsp3) is 0.333. The van der Waals surface area contributed by atoms with Gasteiger partial charge >= 0.3 is 0 Å². The largest absolute Gasteiger partial charge is 0.351 e. The van der Waals surface area contributed by atoms with Crippen LogP contribution in [0.15, 0.2) is 24.3 Å². The standard InChI is InChI=1S/C18H17Cl3N4OS2/c19-11-1-2-13-14(9-11)27-18(23-13)25-7-5-24(6-8-25)4-3-22-17(26)12-10-15(20)28-16(12)21/h1-2,9-10H,3-8H2,(H,22,26). The topological polar surface area (TPSA) is 48.5 Å². The van der Waals surface area contributed by atoms with Gasteiger partial charge in [0.2, 0.25) is 0 Å². The normalized spacial score (nSPS) is 15.3. The summed E-state index contributed by atoms with van der Waals surface area (Å²) in [6.07, 6.45) is 0. The SMILES string of the molecule is O=C(NCCN1CCN(c2nc3ccc(Cl)cc3s2)CC1)c1cc(Cl)sc1Cl. The predicted octanol–water partition coefficient (Wildman–Crippen LogP) is 4.87. The molecule has 1 fully saturated rings. The zero-order valence-electron chi connectivity index (χ0n) is 14.8. The number of nitrogens with one attached hydrogen (secondary N) is 1. The second-order valence-corrected chi connectivity index (χ2v) is 10.2. The van der Waals surface area contributed by atoms with Crippen molar-refractivity contribution >= 4 is 78.7 Å². The Morgan fingerprint density at radius 2 is 1.89 bits per heavy atom. The van der Waals surface area contributed by atoms with Crippen LogP contribution in [0.3, 0.4) is 0 Å². The molecular weight excluding hydrogens is 459 g/mol. The van der Waals surface area contributed by atoms with E-state index in [9.17, 15) is 4.79 Å². The molecule has 0 unspecified atom stereocenters. The summed E-state index contributed by atoms with van der Waals surface area (Å²) in [6, 6.07) is 7.40. The Morgan fingerprint density at radius 3 is 2.61 bits per heavy atom. The first-order valence-electron chi connectivity index (χ1n) is 8.76. The number of aromatic nitrogens is 1. The lowest BCUT2D eigenvalue weighted by Crippen LogP contribution is -2.48. The summed E-state index contributed by atoms with van der Waals surface area (Å²) in [7, 11) is 0. The molecule has 0 radical (unpaired) electrons. The molecule has 0 spiro atoms. The lowest BCUT2D eigenvalue weighted by atomic mass is 10.3. The minimum Gasteiger partial charge on any atom is -0.351 e. The van der Waals surface area contributed by atoms with E-state index in [1.807, 2.05) is 18.2 Å². The van der Waals surface area contributed by atoms with E-state index < -0.39 is 0 Å². The van der Waals surface area contributed by atoms with Gasteiger partial charge in [-0.15, -0.1) is 11.3 Å². The molecule has 28 heavy (non-hydrogen) atoms. The van der Waals surface area contributed by atoms with Gasteiger partial charge in [-0.1, -0.05) is 46.1 Å². The summed E-state index contributed by atoms with van der Waals surface area (Å²) < 4.78 is 2.05. The zero-order valence-corrected chi connectivity index (χ0v) is 18.7. The van der Waals surface area contributed by atoms with Crippen molar-refractivity contribution in [2.24, 2.45) is 0 Å². The van der Waals surface area contributed by atoms with Gasteiger partial charge in [-0.3, -0.25) is 9.69 Å². The molecule has 4 rings (SSSR count). The number of amides is 1. The molecule has 0 atom stereocenters. The molecule has 1 amide bonds. The molecule has 3 heterocycles. The van der Waals surface area contributed by atoms with Crippen molar-refractivity contribution in [2.45, 2.75) is 0 Å². The Morgan fingerprint density at radius 1 is 1.11 bits per heavy atom. The van der Waals surface area contributed by atoms with Crippen LogP contribution in [0.4, 0.5) is 5.13 Å². The van der Waals surface area contributed by atoms with Crippen LogP contribution in [-0.4, -0.2) is 55.1 Å². The van der Waals surface area contributed by atoms with E-state index in [-0.39, 0.29) is 5.91 Å². The number of anilines is 1. The first-order chi connectivity index (χ1) is 13.5. The molecule has 0 aliphatic carbocycles. The molecule has 148 valence electrons. The highest BCUT2D eigenvalue weighted by Crippen LogP contribution is 2.32. The molecule has 5 nitrogen and oxygen atoms in total. The molecular formula is C18H17Cl3N4OS2. The third-order valence-corrected chi connectivity index (χ3v) is 7.40. The van der Waals surface area contributed by atoms with Gasteiger partial charge in [-0.25, -0.2) is 4.98 Å². The molecule has 3 aromatic rings. The highest BCUT2D eigenvalue weighted by molar-refractivity contribution is 7.22. The first-order valence-corrected chi connectivity index (χ1v) is 11.5. The number of benzene rings is 1. The van der Waals surface area contributed by atoms with E-state index in [4.69, 9.17) is 39.8 Å². The maximum Gasteiger partial charge on any atom is 0.253 e. The van der Waals surface area contributed by atoms with Crippen LogP contribution in [-0.2, 0) is 0 Å². The number of rotatable bonds is 5. The van der Waals surface area contributed by atoms with Crippen LogP contribution in [0.5, 0.6) is 0 Å². The van der Waals surface area contributed by atoms with E-state index in [0.717, 1.165) is 53.1 Å². The average Bonchev–Trinajstić information content (AvgIpc) is 3.24. The smallest absolute Gasteiger partial charge is 0.253 e. The van der Waals surface area contributed by atoms with Crippen LogP contribution in [0.1, 0.15) is 10.4 Å². The highest BCUT2D eigenvalue weighted by Gasteiger charge is 2.20. The first kappa shape index (κ1) is 20.2. The summed E-state index contributed by atoms with van der Waals surface area (Å²) in [5, 5.41) is 4.69. The van der Waals surface area contributed by atoms with E-state index in [0.29, 0.717) is 20.8 Å². The number of piperazine rings is 1. The number of carbonyl (C=O) groups excluding carboxylic acids is 1. The Labute approximate surface area is 185 Å². The number of halogens is 3. The molecule has 1 N–H and O–H groups in total. The average molecular weight is 476 g/mol. The minimum absolute atomic E-state index is 0.181.